The van der Waals surface area contributed by atoms with Gasteiger partial charge in [0.1, 0.15) is 17.6 Å². The van der Waals surface area contributed by atoms with E-state index in [9.17, 15) is 4.79 Å². The number of hydrogen-bond acceptors (Lipinski definition) is 4. The Morgan fingerprint density at radius 1 is 1.53 bits per heavy atom. The smallest absolute Gasteiger partial charge is 0.328 e. The molecule has 104 valence electrons. The molecule has 0 aliphatic heterocycles. The Morgan fingerprint density at radius 3 is 2.79 bits per heavy atom. The Balaban J connectivity index is 2.51. The van der Waals surface area contributed by atoms with E-state index in [1.807, 2.05) is 0 Å². The van der Waals surface area contributed by atoms with Gasteiger partial charge in [-0.3, -0.25) is 9.98 Å². The van der Waals surface area contributed by atoms with Gasteiger partial charge in [-0.15, -0.1) is 0 Å². The number of carbonyl (C=O) groups is 1. The summed E-state index contributed by atoms with van der Waals surface area (Å²) in [6.07, 6.45) is 2.33. The summed E-state index contributed by atoms with van der Waals surface area (Å²) < 4.78 is 5.27. The standard InChI is InChI=1S/C12H18N4O3/c1-8-4-5-9(19-8)7-16-10(11(17)18)3-2-6-15-12(13)14/h4-5,7,10H,2-3,6H2,1H3,(H,17,18)(H4,13,14,15). The molecule has 0 amide bonds. The van der Waals surface area contributed by atoms with Gasteiger partial charge in [0.2, 0.25) is 0 Å². The predicted octanol–water partition coefficient (Wildman–Crippen LogP) is 0.514. The zero-order valence-electron chi connectivity index (χ0n) is 10.7. The molecule has 1 rings (SSSR count). The van der Waals surface area contributed by atoms with E-state index in [0.717, 1.165) is 5.76 Å². The van der Waals surface area contributed by atoms with Gasteiger partial charge in [-0.2, -0.15) is 0 Å². The van der Waals surface area contributed by atoms with Crippen molar-refractivity contribution in [3.05, 3.63) is 23.7 Å². The summed E-state index contributed by atoms with van der Waals surface area (Å²) in [5.74, 6) is 0.305. The first-order valence-electron chi connectivity index (χ1n) is 5.87. The molecule has 7 nitrogen and oxygen atoms in total. The van der Waals surface area contributed by atoms with E-state index < -0.39 is 12.0 Å². The van der Waals surface area contributed by atoms with E-state index in [1.165, 1.54) is 6.21 Å². The Bertz CT molecular complexity index is 475. The Morgan fingerprint density at radius 2 is 2.26 bits per heavy atom. The van der Waals surface area contributed by atoms with Crippen LogP contribution in [0.3, 0.4) is 0 Å². The van der Waals surface area contributed by atoms with Gasteiger partial charge in [-0.25, -0.2) is 4.79 Å². The highest BCUT2D eigenvalue weighted by Crippen LogP contribution is 2.06. The molecule has 1 unspecified atom stereocenters. The van der Waals surface area contributed by atoms with Crippen LogP contribution in [-0.2, 0) is 4.79 Å². The summed E-state index contributed by atoms with van der Waals surface area (Å²) >= 11 is 0. The molecule has 1 aromatic rings. The van der Waals surface area contributed by atoms with Crippen LogP contribution in [0.4, 0.5) is 0 Å². The lowest BCUT2D eigenvalue weighted by Crippen LogP contribution is -2.23. The number of aryl methyl sites for hydroxylation is 1. The van der Waals surface area contributed by atoms with E-state index in [0.29, 0.717) is 25.1 Å². The molecular formula is C12H18N4O3. The highest BCUT2D eigenvalue weighted by atomic mass is 16.4. The quantitative estimate of drug-likeness (QED) is 0.376. The minimum Gasteiger partial charge on any atom is -0.480 e. The molecular weight excluding hydrogens is 248 g/mol. The number of nitrogens with zero attached hydrogens (tertiary/aromatic N) is 2. The molecule has 0 saturated carbocycles. The van der Waals surface area contributed by atoms with Gasteiger partial charge in [0, 0.05) is 6.54 Å². The maximum absolute atomic E-state index is 11.0. The van der Waals surface area contributed by atoms with Crippen molar-refractivity contribution >= 4 is 18.1 Å². The van der Waals surface area contributed by atoms with Crippen molar-refractivity contribution < 1.29 is 14.3 Å². The monoisotopic (exact) mass is 266 g/mol. The van der Waals surface area contributed by atoms with Crippen molar-refractivity contribution in [2.45, 2.75) is 25.8 Å². The first kappa shape index (κ1) is 14.7. The Labute approximate surface area is 111 Å². The van der Waals surface area contributed by atoms with Crippen molar-refractivity contribution in [2.75, 3.05) is 6.54 Å². The van der Waals surface area contributed by atoms with Gasteiger partial charge in [0.15, 0.2) is 5.96 Å². The SMILES string of the molecule is Cc1ccc(C=NC(CCCN=C(N)N)C(=O)O)o1. The number of guanidine groups is 1. The fourth-order valence-electron chi connectivity index (χ4n) is 1.44. The van der Waals surface area contributed by atoms with E-state index >= 15 is 0 Å². The number of carboxylic acid groups (broad SMARTS) is 1. The molecule has 0 aromatic carbocycles. The molecule has 0 bridgehead atoms. The highest BCUT2D eigenvalue weighted by molar-refractivity contribution is 5.81. The predicted molar refractivity (Wildman–Crippen MR) is 72.4 cm³/mol. The summed E-state index contributed by atoms with van der Waals surface area (Å²) in [6.45, 7) is 2.20. The second-order valence-electron chi connectivity index (χ2n) is 4.03. The zero-order valence-corrected chi connectivity index (χ0v) is 10.7. The molecule has 0 aliphatic carbocycles. The van der Waals surface area contributed by atoms with Gasteiger partial charge in [0.25, 0.3) is 0 Å². The average Bonchev–Trinajstić information content (AvgIpc) is 2.73. The number of furan rings is 1. The van der Waals surface area contributed by atoms with Gasteiger partial charge in [-0.05, 0) is 31.9 Å². The molecule has 0 saturated heterocycles. The fourth-order valence-corrected chi connectivity index (χ4v) is 1.44. The summed E-state index contributed by atoms with van der Waals surface area (Å²) in [7, 11) is 0. The summed E-state index contributed by atoms with van der Waals surface area (Å²) in [4.78, 5) is 18.8. The summed E-state index contributed by atoms with van der Waals surface area (Å²) in [5.41, 5.74) is 10.4. The van der Waals surface area contributed by atoms with Crippen molar-refractivity contribution in [3.63, 3.8) is 0 Å². The lowest BCUT2D eigenvalue weighted by Gasteiger charge is -2.05. The van der Waals surface area contributed by atoms with E-state index in [4.69, 9.17) is 21.0 Å². The molecule has 5 N–H and O–H groups in total. The highest BCUT2D eigenvalue weighted by Gasteiger charge is 2.14. The molecule has 1 atom stereocenters. The molecule has 0 spiro atoms. The molecule has 19 heavy (non-hydrogen) atoms. The number of aliphatic imine (C=N–C) groups is 2. The first-order chi connectivity index (χ1) is 8.99. The van der Waals surface area contributed by atoms with E-state index in [2.05, 4.69) is 9.98 Å². The summed E-state index contributed by atoms with van der Waals surface area (Å²) in [5, 5.41) is 9.04. The largest absolute Gasteiger partial charge is 0.480 e. The number of carboxylic acids is 1. The van der Waals surface area contributed by atoms with Crippen LogP contribution in [0.2, 0.25) is 0 Å². The molecule has 0 radical (unpaired) electrons. The van der Waals surface area contributed by atoms with Crippen LogP contribution in [0.5, 0.6) is 0 Å². The maximum atomic E-state index is 11.0. The third-order valence-electron chi connectivity index (χ3n) is 2.36. The van der Waals surface area contributed by atoms with Crippen LogP contribution in [0.15, 0.2) is 26.5 Å². The van der Waals surface area contributed by atoms with Crippen molar-refractivity contribution in [1.82, 2.24) is 0 Å². The van der Waals surface area contributed by atoms with Gasteiger partial charge >= 0.3 is 5.97 Å². The fraction of sp³-hybridized carbons (Fsp3) is 0.417. The van der Waals surface area contributed by atoms with E-state index in [-0.39, 0.29) is 5.96 Å². The topological polar surface area (TPSA) is 127 Å². The Hall–Kier alpha value is -2.31. The van der Waals surface area contributed by atoms with Crippen LogP contribution in [0.25, 0.3) is 0 Å². The molecule has 0 fully saturated rings. The first-order valence-corrected chi connectivity index (χ1v) is 5.87. The minimum atomic E-state index is -0.982. The van der Waals surface area contributed by atoms with Gasteiger partial charge < -0.3 is 21.0 Å². The van der Waals surface area contributed by atoms with Crippen LogP contribution in [0, 0.1) is 6.92 Å². The normalized spacial score (nSPS) is 12.5. The number of aliphatic carboxylic acids is 1. The minimum absolute atomic E-state index is 0.00133. The lowest BCUT2D eigenvalue weighted by molar-refractivity contribution is -0.138. The van der Waals surface area contributed by atoms with Gasteiger partial charge in [0.05, 0.1) is 6.21 Å². The second-order valence-corrected chi connectivity index (χ2v) is 4.03. The molecule has 0 aliphatic rings. The summed E-state index contributed by atoms with van der Waals surface area (Å²) in [6, 6.07) is 2.70. The van der Waals surface area contributed by atoms with Gasteiger partial charge in [-0.1, -0.05) is 0 Å². The van der Waals surface area contributed by atoms with Crippen LogP contribution in [-0.4, -0.2) is 35.8 Å². The van der Waals surface area contributed by atoms with Crippen molar-refractivity contribution in [2.24, 2.45) is 21.5 Å². The number of hydrogen-bond donors (Lipinski definition) is 3. The number of nitrogens with two attached hydrogens (primary N) is 2. The van der Waals surface area contributed by atoms with Crippen LogP contribution >= 0.6 is 0 Å². The van der Waals surface area contributed by atoms with E-state index in [1.54, 1.807) is 19.1 Å². The molecule has 1 heterocycles. The van der Waals surface area contributed by atoms with Crippen molar-refractivity contribution in [1.29, 1.82) is 0 Å². The van der Waals surface area contributed by atoms with Crippen LogP contribution < -0.4 is 11.5 Å². The van der Waals surface area contributed by atoms with Crippen molar-refractivity contribution in [3.8, 4) is 0 Å². The average molecular weight is 266 g/mol. The maximum Gasteiger partial charge on any atom is 0.328 e. The second kappa shape index (κ2) is 7.20. The lowest BCUT2D eigenvalue weighted by atomic mass is 10.1. The van der Waals surface area contributed by atoms with Crippen LogP contribution in [0.1, 0.15) is 24.4 Å². The number of rotatable bonds is 7. The zero-order chi connectivity index (χ0) is 14.3. The third-order valence-corrected chi connectivity index (χ3v) is 2.36. The Kier molecular flexibility index (Phi) is 5.59. The third kappa shape index (κ3) is 5.71. The molecule has 7 heteroatoms. The molecule has 1 aromatic heterocycles.